The topological polar surface area (TPSA) is 99.9 Å². The summed E-state index contributed by atoms with van der Waals surface area (Å²) in [6, 6.07) is 9.32. The molecule has 3 rings (SSSR count). The fourth-order valence-electron chi connectivity index (χ4n) is 3.24. The molecule has 9 heteroatoms. The number of amides is 1. The molecule has 8 nitrogen and oxygen atoms in total. The van der Waals surface area contributed by atoms with E-state index < -0.39 is 10.0 Å². The van der Waals surface area contributed by atoms with Crippen LogP contribution in [0.1, 0.15) is 36.0 Å². The summed E-state index contributed by atoms with van der Waals surface area (Å²) in [6.45, 7) is 5.02. The largest absolute Gasteiger partial charge is 0.467 e. The smallest absolute Gasteiger partial charge is 0.243 e. The van der Waals surface area contributed by atoms with Gasteiger partial charge >= 0.3 is 0 Å². The van der Waals surface area contributed by atoms with Gasteiger partial charge in [0.2, 0.25) is 15.9 Å². The van der Waals surface area contributed by atoms with Gasteiger partial charge in [-0.3, -0.25) is 14.5 Å². The van der Waals surface area contributed by atoms with Crippen LogP contribution in [0.25, 0.3) is 0 Å². The number of rotatable bonds is 7. The van der Waals surface area contributed by atoms with Gasteiger partial charge in [-0.25, -0.2) is 8.42 Å². The Kier molecular flexibility index (Phi) is 6.51. The number of hydrogen-bond donors (Lipinski definition) is 1. The minimum atomic E-state index is -3.62. The number of furan rings is 1. The van der Waals surface area contributed by atoms with Crippen molar-refractivity contribution in [3.8, 4) is 0 Å². The lowest BCUT2D eigenvalue weighted by molar-refractivity contribution is -0.123. The molecule has 0 spiro atoms. The van der Waals surface area contributed by atoms with E-state index in [9.17, 15) is 18.0 Å². The van der Waals surface area contributed by atoms with E-state index in [-0.39, 0.29) is 29.2 Å². The van der Waals surface area contributed by atoms with Gasteiger partial charge in [-0.1, -0.05) is 12.1 Å². The van der Waals surface area contributed by atoms with Crippen LogP contribution in [-0.4, -0.2) is 62.0 Å². The Hall–Kier alpha value is -2.49. The van der Waals surface area contributed by atoms with E-state index in [1.165, 1.54) is 35.5 Å². The van der Waals surface area contributed by atoms with Crippen molar-refractivity contribution >= 4 is 21.7 Å². The summed E-state index contributed by atoms with van der Waals surface area (Å²) in [7, 11) is -3.62. The van der Waals surface area contributed by atoms with Crippen LogP contribution in [0.3, 0.4) is 0 Å². The quantitative estimate of drug-likeness (QED) is 0.686. The average Bonchev–Trinajstić information content (AvgIpc) is 3.23. The van der Waals surface area contributed by atoms with Crippen molar-refractivity contribution in [3.05, 3.63) is 54.0 Å². The van der Waals surface area contributed by atoms with E-state index in [2.05, 4.69) is 5.32 Å². The van der Waals surface area contributed by atoms with E-state index in [1.807, 2.05) is 11.8 Å². The lowest BCUT2D eigenvalue weighted by Gasteiger charge is -2.33. The lowest BCUT2D eigenvalue weighted by Crippen LogP contribution is -2.51. The first-order chi connectivity index (χ1) is 13.8. The van der Waals surface area contributed by atoms with Crippen molar-refractivity contribution in [1.82, 2.24) is 14.5 Å². The Labute approximate surface area is 170 Å². The zero-order chi connectivity index (χ0) is 21.0. The van der Waals surface area contributed by atoms with Gasteiger partial charge in [0.25, 0.3) is 0 Å². The highest BCUT2D eigenvalue weighted by Crippen LogP contribution is 2.19. The maximum atomic E-state index is 12.8. The summed E-state index contributed by atoms with van der Waals surface area (Å²) in [5.74, 6) is 0.442. The van der Waals surface area contributed by atoms with Crippen LogP contribution in [0.2, 0.25) is 0 Å². The molecule has 1 aliphatic rings. The molecule has 1 N–H and O–H groups in total. The monoisotopic (exact) mass is 419 g/mol. The minimum absolute atomic E-state index is 0.109. The molecule has 0 radical (unpaired) electrons. The number of nitrogens with zero attached hydrogens (tertiary/aromatic N) is 2. The Morgan fingerprint density at radius 1 is 1.10 bits per heavy atom. The molecule has 29 heavy (non-hydrogen) atoms. The van der Waals surface area contributed by atoms with Gasteiger partial charge in [0.1, 0.15) is 5.76 Å². The van der Waals surface area contributed by atoms with Crippen molar-refractivity contribution in [3.63, 3.8) is 0 Å². The summed E-state index contributed by atoms with van der Waals surface area (Å²) in [5, 5.41) is 2.88. The molecule has 1 saturated heterocycles. The summed E-state index contributed by atoms with van der Waals surface area (Å²) >= 11 is 0. The molecule has 1 aliphatic heterocycles. The number of benzene rings is 1. The molecule has 2 aromatic rings. The maximum absolute atomic E-state index is 12.8. The number of hydrogen-bond acceptors (Lipinski definition) is 6. The van der Waals surface area contributed by atoms with Crippen molar-refractivity contribution in [2.75, 3.05) is 32.7 Å². The molecule has 1 fully saturated rings. The average molecular weight is 420 g/mol. The number of sulfonamides is 1. The number of carbonyl (C=O) groups excluding carboxylic acids is 2. The lowest BCUT2D eigenvalue weighted by atomic mass is 10.2. The zero-order valence-corrected chi connectivity index (χ0v) is 17.3. The molecule has 1 aromatic carbocycles. The van der Waals surface area contributed by atoms with Gasteiger partial charge in [0, 0.05) is 31.7 Å². The summed E-state index contributed by atoms with van der Waals surface area (Å²) in [6.07, 6.45) is 1.56. The Bertz CT molecular complexity index is 947. The van der Waals surface area contributed by atoms with E-state index in [0.717, 1.165) is 0 Å². The second-order valence-electron chi connectivity index (χ2n) is 7.07. The molecule has 1 amide bonds. The van der Waals surface area contributed by atoms with Gasteiger partial charge in [-0.2, -0.15) is 4.31 Å². The number of nitrogens with one attached hydrogen (secondary N) is 1. The fraction of sp³-hybridized carbons (Fsp3) is 0.400. The van der Waals surface area contributed by atoms with Crippen LogP contribution in [0.5, 0.6) is 0 Å². The first-order valence-corrected chi connectivity index (χ1v) is 10.9. The Morgan fingerprint density at radius 3 is 2.31 bits per heavy atom. The van der Waals surface area contributed by atoms with E-state index in [1.54, 1.807) is 18.4 Å². The highest BCUT2D eigenvalue weighted by Gasteiger charge is 2.29. The molecule has 1 aromatic heterocycles. The summed E-state index contributed by atoms with van der Waals surface area (Å²) in [5.41, 5.74) is 0.476. The van der Waals surface area contributed by atoms with Crippen LogP contribution < -0.4 is 5.32 Å². The van der Waals surface area contributed by atoms with Crippen molar-refractivity contribution in [2.24, 2.45) is 0 Å². The number of piperazine rings is 1. The molecule has 0 unspecified atom stereocenters. The summed E-state index contributed by atoms with van der Waals surface area (Å²) < 4.78 is 32.3. The van der Waals surface area contributed by atoms with E-state index >= 15 is 0 Å². The first kappa shape index (κ1) is 21.2. The summed E-state index contributed by atoms with van der Waals surface area (Å²) in [4.78, 5) is 25.7. The SMILES string of the molecule is CC(=O)c1ccc(S(=O)(=O)N2CCN(CC(=O)N[C@H](C)c3ccco3)CC2)cc1. The number of ketones is 1. The van der Waals surface area contributed by atoms with Gasteiger partial charge in [0.15, 0.2) is 5.78 Å². The van der Waals surface area contributed by atoms with E-state index in [0.29, 0.717) is 37.5 Å². The van der Waals surface area contributed by atoms with Crippen molar-refractivity contribution in [1.29, 1.82) is 0 Å². The molecule has 1 atom stereocenters. The van der Waals surface area contributed by atoms with Crippen LogP contribution in [-0.2, 0) is 14.8 Å². The Balaban J connectivity index is 1.52. The fourth-order valence-corrected chi connectivity index (χ4v) is 4.66. The highest BCUT2D eigenvalue weighted by atomic mass is 32.2. The normalized spacial score (nSPS) is 17.0. The predicted octanol–water partition coefficient (Wildman–Crippen LogP) is 1.67. The third-order valence-electron chi connectivity index (χ3n) is 4.94. The number of carbonyl (C=O) groups is 2. The molecule has 2 heterocycles. The number of Topliss-reactive ketones (excluding diaryl/α,β-unsaturated/α-hetero) is 1. The van der Waals surface area contributed by atoms with Gasteiger partial charge in [-0.05, 0) is 38.1 Å². The zero-order valence-electron chi connectivity index (χ0n) is 16.5. The molecular weight excluding hydrogens is 394 g/mol. The van der Waals surface area contributed by atoms with Crippen LogP contribution in [0, 0.1) is 0 Å². The van der Waals surface area contributed by atoms with Crippen molar-refractivity contribution < 1.29 is 22.4 Å². The van der Waals surface area contributed by atoms with Crippen molar-refractivity contribution in [2.45, 2.75) is 24.8 Å². The van der Waals surface area contributed by atoms with Gasteiger partial charge in [-0.15, -0.1) is 0 Å². The van der Waals surface area contributed by atoms with E-state index in [4.69, 9.17) is 4.42 Å². The first-order valence-electron chi connectivity index (χ1n) is 9.43. The van der Waals surface area contributed by atoms with Crippen LogP contribution in [0.15, 0.2) is 52.0 Å². The second kappa shape index (κ2) is 8.89. The molecule has 0 bridgehead atoms. The third-order valence-corrected chi connectivity index (χ3v) is 6.86. The highest BCUT2D eigenvalue weighted by molar-refractivity contribution is 7.89. The second-order valence-corrected chi connectivity index (χ2v) is 9.00. The Morgan fingerprint density at radius 2 is 1.76 bits per heavy atom. The van der Waals surface area contributed by atoms with Crippen LogP contribution in [0.4, 0.5) is 0 Å². The maximum Gasteiger partial charge on any atom is 0.243 e. The molecule has 156 valence electrons. The molecular formula is C20H25N3O5S. The third kappa shape index (κ3) is 5.11. The standard InChI is InChI=1S/C20H25N3O5S/c1-15(19-4-3-13-28-19)21-20(25)14-22-9-11-23(12-10-22)29(26,27)18-7-5-17(6-8-18)16(2)24/h3-8,13,15H,9-12,14H2,1-2H3,(H,21,25)/t15-/m1/s1. The molecule has 0 aliphatic carbocycles. The van der Waals surface area contributed by atoms with Gasteiger partial charge in [0.05, 0.1) is 23.7 Å². The van der Waals surface area contributed by atoms with Crippen LogP contribution >= 0.6 is 0 Å². The van der Waals surface area contributed by atoms with Gasteiger partial charge < -0.3 is 9.73 Å². The predicted molar refractivity (Wildman–Crippen MR) is 107 cm³/mol. The minimum Gasteiger partial charge on any atom is -0.467 e. The molecule has 0 saturated carbocycles.